The van der Waals surface area contributed by atoms with E-state index in [2.05, 4.69) is 51.7 Å². The van der Waals surface area contributed by atoms with Crippen molar-refractivity contribution >= 4 is 46.4 Å². The molecule has 2 rings (SSSR count). The molecule has 1 aliphatic heterocycles. The summed E-state index contributed by atoms with van der Waals surface area (Å²) in [6, 6.07) is 0. The highest BCUT2D eigenvalue weighted by atomic mass is 127. The molecule has 1 saturated heterocycles. The smallest absolute Gasteiger partial charge is 0.191 e. The third-order valence-electron chi connectivity index (χ3n) is 4.22. The quantitative estimate of drug-likeness (QED) is 0.342. The van der Waals surface area contributed by atoms with Crippen molar-refractivity contribution in [3.8, 4) is 0 Å². The van der Waals surface area contributed by atoms with Crippen LogP contribution in [0.1, 0.15) is 26.5 Å². The van der Waals surface area contributed by atoms with E-state index in [-0.39, 0.29) is 29.5 Å². The minimum atomic E-state index is 0. The Hall–Kier alpha value is -0.650. The summed E-state index contributed by atoms with van der Waals surface area (Å²) in [5.41, 5.74) is 1.05. The van der Waals surface area contributed by atoms with E-state index in [0.717, 1.165) is 56.2 Å². The van der Waals surface area contributed by atoms with Crippen molar-refractivity contribution < 1.29 is 4.74 Å². The highest BCUT2D eigenvalue weighted by Gasteiger charge is 2.28. The van der Waals surface area contributed by atoms with E-state index in [1.165, 1.54) is 0 Å². The zero-order valence-electron chi connectivity index (χ0n) is 16.5. The fourth-order valence-corrected chi connectivity index (χ4v) is 3.41. The van der Waals surface area contributed by atoms with Gasteiger partial charge >= 0.3 is 0 Å². The van der Waals surface area contributed by atoms with Crippen molar-refractivity contribution in [3.63, 3.8) is 0 Å². The van der Waals surface area contributed by atoms with E-state index in [1.54, 1.807) is 11.3 Å². The first-order chi connectivity index (χ1) is 11.9. The van der Waals surface area contributed by atoms with Gasteiger partial charge in [0.05, 0.1) is 25.5 Å². The number of rotatable bonds is 7. The number of thiazole rings is 1. The van der Waals surface area contributed by atoms with Gasteiger partial charge in [0, 0.05) is 51.2 Å². The van der Waals surface area contributed by atoms with Gasteiger partial charge in [-0.1, -0.05) is 0 Å². The normalized spacial score (nSPS) is 16.1. The van der Waals surface area contributed by atoms with Crippen molar-refractivity contribution in [2.45, 2.75) is 32.9 Å². The Labute approximate surface area is 178 Å². The van der Waals surface area contributed by atoms with Gasteiger partial charge in [0.1, 0.15) is 0 Å². The number of hydrogen-bond donors (Lipinski definition) is 2. The third kappa shape index (κ3) is 7.16. The number of hydrogen-bond acceptors (Lipinski definition) is 6. The molecule has 0 atom stereocenters. The van der Waals surface area contributed by atoms with E-state index in [0.29, 0.717) is 6.54 Å². The van der Waals surface area contributed by atoms with Crippen LogP contribution in [-0.4, -0.2) is 74.9 Å². The Morgan fingerprint density at radius 2 is 2.04 bits per heavy atom. The maximum Gasteiger partial charge on any atom is 0.191 e. The van der Waals surface area contributed by atoms with E-state index in [4.69, 9.17) is 4.74 Å². The van der Waals surface area contributed by atoms with Crippen LogP contribution in [0.25, 0.3) is 0 Å². The molecular weight excluding hydrogens is 463 g/mol. The summed E-state index contributed by atoms with van der Waals surface area (Å²) in [4.78, 5) is 13.8. The largest absolute Gasteiger partial charge is 0.379 e. The third-order valence-corrected chi connectivity index (χ3v) is 5.28. The molecule has 0 bridgehead atoms. The maximum atomic E-state index is 5.46. The summed E-state index contributed by atoms with van der Waals surface area (Å²) in [5.74, 6) is 0.836. The highest BCUT2D eigenvalue weighted by molar-refractivity contribution is 14.0. The fraction of sp³-hybridized carbons (Fsp3) is 0.765. The van der Waals surface area contributed by atoms with Gasteiger partial charge in [0.25, 0.3) is 0 Å². The van der Waals surface area contributed by atoms with Crippen LogP contribution in [-0.2, 0) is 11.3 Å². The van der Waals surface area contributed by atoms with Crippen LogP contribution in [0.15, 0.2) is 10.4 Å². The zero-order chi connectivity index (χ0) is 18.3. The minimum absolute atomic E-state index is 0. The topological polar surface area (TPSA) is 65.0 Å². The molecule has 0 unspecified atom stereocenters. The van der Waals surface area contributed by atoms with Crippen LogP contribution < -0.4 is 15.5 Å². The average Bonchev–Trinajstić information content (AvgIpc) is 3.07. The van der Waals surface area contributed by atoms with Gasteiger partial charge in [-0.2, -0.15) is 0 Å². The number of aromatic nitrogens is 1. The van der Waals surface area contributed by atoms with Gasteiger partial charge in [-0.3, -0.25) is 4.90 Å². The van der Waals surface area contributed by atoms with Crippen molar-refractivity contribution in [1.29, 1.82) is 0 Å². The second kappa shape index (κ2) is 11.3. The first kappa shape index (κ1) is 23.4. The van der Waals surface area contributed by atoms with E-state index in [9.17, 15) is 0 Å². The lowest BCUT2D eigenvalue weighted by atomic mass is 10.0. The van der Waals surface area contributed by atoms with Crippen LogP contribution in [0.5, 0.6) is 0 Å². The van der Waals surface area contributed by atoms with E-state index in [1.807, 2.05) is 19.0 Å². The summed E-state index contributed by atoms with van der Waals surface area (Å²) < 4.78 is 5.46. The molecule has 0 aromatic carbocycles. The van der Waals surface area contributed by atoms with Gasteiger partial charge in [-0.05, 0) is 20.8 Å². The average molecular weight is 496 g/mol. The van der Waals surface area contributed by atoms with Crippen LogP contribution >= 0.6 is 35.3 Å². The van der Waals surface area contributed by atoms with Crippen molar-refractivity contribution in [1.82, 2.24) is 20.5 Å². The second-order valence-electron chi connectivity index (χ2n) is 6.98. The molecule has 7 nitrogen and oxygen atoms in total. The van der Waals surface area contributed by atoms with Gasteiger partial charge < -0.3 is 20.3 Å². The number of guanidine groups is 1. The summed E-state index contributed by atoms with van der Waals surface area (Å²) in [5, 5.41) is 9.88. The van der Waals surface area contributed by atoms with Gasteiger partial charge in [0.2, 0.25) is 0 Å². The molecule has 1 aromatic rings. The molecule has 0 aliphatic carbocycles. The summed E-state index contributed by atoms with van der Waals surface area (Å²) in [6.07, 6.45) is 0. The summed E-state index contributed by atoms with van der Waals surface area (Å²) in [7, 11) is 4.01. The van der Waals surface area contributed by atoms with E-state index >= 15 is 0 Å². The first-order valence-corrected chi connectivity index (χ1v) is 9.77. The molecule has 0 amide bonds. The lowest BCUT2D eigenvalue weighted by Crippen LogP contribution is -2.56. The molecule has 1 aliphatic rings. The summed E-state index contributed by atoms with van der Waals surface area (Å²) >= 11 is 1.65. The van der Waals surface area contributed by atoms with Crippen LogP contribution in [0.3, 0.4) is 0 Å². The van der Waals surface area contributed by atoms with Crippen LogP contribution in [0.2, 0.25) is 0 Å². The maximum absolute atomic E-state index is 5.46. The Bertz CT molecular complexity index is 557. The zero-order valence-corrected chi connectivity index (χ0v) is 19.7. The monoisotopic (exact) mass is 496 g/mol. The molecule has 0 spiro atoms. The fourth-order valence-electron chi connectivity index (χ4n) is 2.66. The number of ether oxygens (including phenoxy) is 1. The highest BCUT2D eigenvalue weighted by Crippen LogP contribution is 2.18. The standard InChI is InChI=1S/C17H32N6OS.HI/c1-6-18-15(19-11-14-12-25-16(21-14)22(4)5)20-13-17(2,3)23-7-9-24-10-8-23;/h12H,6-11,13H2,1-5H3,(H2,18,19,20);1H. The number of morpholine rings is 1. The van der Waals surface area contributed by atoms with Gasteiger partial charge in [-0.15, -0.1) is 35.3 Å². The molecular formula is C17H33IN6OS. The van der Waals surface area contributed by atoms with Gasteiger partial charge in [-0.25, -0.2) is 9.98 Å². The molecule has 2 heterocycles. The van der Waals surface area contributed by atoms with Crippen molar-refractivity contribution in [2.75, 3.05) is 58.4 Å². The number of aliphatic imine (C=N–C) groups is 1. The molecule has 9 heteroatoms. The number of nitrogens with one attached hydrogen (secondary N) is 2. The van der Waals surface area contributed by atoms with E-state index < -0.39 is 0 Å². The Morgan fingerprint density at radius 1 is 1.35 bits per heavy atom. The van der Waals surface area contributed by atoms with Crippen molar-refractivity contribution in [3.05, 3.63) is 11.1 Å². The predicted molar refractivity (Wildman–Crippen MR) is 121 cm³/mol. The molecule has 1 aromatic heterocycles. The molecule has 150 valence electrons. The molecule has 2 N–H and O–H groups in total. The van der Waals surface area contributed by atoms with Crippen LogP contribution in [0.4, 0.5) is 5.13 Å². The lowest BCUT2D eigenvalue weighted by molar-refractivity contribution is -0.00834. The van der Waals surface area contributed by atoms with Crippen molar-refractivity contribution in [2.24, 2.45) is 4.99 Å². The minimum Gasteiger partial charge on any atom is -0.379 e. The number of nitrogens with zero attached hydrogens (tertiary/aromatic N) is 4. The Kier molecular flexibility index (Phi) is 10.1. The Balaban J connectivity index is 0.00000338. The first-order valence-electron chi connectivity index (χ1n) is 8.89. The Morgan fingerprint density at radius 3 is 2.62 bits per heavy atom. The van der Waals surface area contributed by atoms with Crippen LogP contribution in [0, 0.1) is 0 Å². The summed E-state index contributed by atoms with van der Waals surface area (Å²) in [6.45, 7) is 12.4. The molecule has 0 radical (unpaired) electrons. The van der Waals surface area contributed by atoms with Gasteiger partial charge in [0.15, 0.2) is 11.1 Å². The SMILES string of the molecule is CCNC(=NCc1csc(N(C)C)n1)NCC(C)(C)N1CCOCC1.I. The predicted octanol–water partition coefficient (Wildman–Crippen LogP) is 1.99. The lowest BCUT2D eigenvalue weighted by Gasteiger charge is -2.41. The second-order valence-corrected chi connectivity index (χ2v) is 7.81. The molecule has 0 saturated carbocycles. The number of halogens is 1. The molecule has 26 heavy (non-hydrogen) atoms. The molecule has 1 fully saturated rings. The number of anilines is 1.